The van der Waals surface area contributed by atoms with Crippen molar-refractivity contribution in [2.24, 2.45) is 10.7 Å². The lowest BCUT2D eigenvalue weighted by Crippen LogP contribution is -2.15. The number of hydrogen-bond donors (Lipinski definition) is 1. The molecule has 1 heterocycles. The Morgan fingerprint density at radius 2 is 1.67 bits per heavy atom. The average molecular weight is 277 g/mol. The molecule has 3 rings (SSSR count). The number of amidine groups is 1. The van der Waals surface area contributed by atoms with Crippen LogP contribution in [0.3, 0.4) is 0 Å². The highest BCUT2D eigenvalue weighted by molar-refractivity contribution is 5.95. The molecular formula is C16H15N5. The number of nitrogens with two attached hydrogens (primary N) is 1. The van der Waals surface area contributed by atoms with Gasteiger partial charge in [-0.25, -0.2) is 0 Å². The highest BCUT2D eigenvalue weighted by Crippen LogP contribution is 2.05. The van der Waals surface area contributed by atoms with Gasteiger partial charge in [0.05, 0.1) is 18.4 Å². The van der Waals surface area contributed by atoms with E-state index < -0.39 is 0 Å². The second-order valence-corrected chi connectivity index (χ2v) is 4.54. The van der Waals surface area contributed by atoms with Crippen LogP contribution in [0.15, 0.2) is 71.9 Å². The number of nitrogens with zero attached hydrogens (tertiary/aromatic N) is 4. The van der Waals surface area contributed by atoms with E-state index in [0.717, 1.165) is 11.3 Å². The van der Waals surface area contributed by atoms with Crippen LogP contribution in [0.1, 0.15) is 11.3 Å². The minimum Gasteiger partial charge on any atom is -0.382 e. The Hall–Kier alpha value is -2.95. The van der Waals surface area contributed by atoms with Crippen LogP contribution in [0, 0.1) is 0 Å². The van der Waals surface area contributed by atoms with E-state index in [2.05, 4.69) is 15.2 Å². The van der Waals surface area contributed by atoms with E-state index in [0.29, 0.717) is 18.1 Å². The summed E-state index contributed by atoms with van der Waals surface area (Å²) in [6.07, 6.45) is 1.62. The zero-order chi connectivity index (χ0) is 14.5. The Labute approximate surface area is 122 Å². The lowest BCUT2D eigenvalue weighted by Gasteiger charge is -1.99. The first kappa shape index (κ1) is 13.1. The van der Waals surface area contributed by atoms with E-state index >= 15 is 0 Å². The summed E-state index contributed by atoms with van der Waals surface area (Å²) < 4.78 is 0. The zero-order valence-corrected chi connectivity index (χ0v) is 11.4. The van der Waals surface area contributed by atoms with E-state index in [4.69, 9.17) is 5.73 Å². The Bertz CT molecular complexity index is 732. The Morgan fingerprint density at radius 1 is 1.00 bits per heavy atom. The predicted molar refractivity (Wildman–Crippen MR) is 82.2 cm³/mol. The molecule has 0 amide bonds. The maximum Gasteiger partial charge on any atom is 0.148 e. The molecule has 1 aromatic heterocycles. The van der Waals surface area contributed by atoms with Gasteiger partial charge in [-0.2, -0.15) is 9.90 Å². The molecule has 0 aliphatic carbocycles. The summed E-state index contributed by atoms with van der Waals surface area (Å²) in [6.45, 7) is 0.533. The molecule has 0 atom stereocenters. The van der Waals surface area contributed by atoms with E-state index in [1.165, 1.54) is 0 Å². The van der Waals surface area contributed by atoms with Crippen molar-refractivity contribution in [3.63, 3.8) is 0 Å². The number of para-hydroxylation sites is 1. The van der Waals surface area contributed by atoms with Crippen LogP contribution >= 0.6 is 0 Å². The highest BCUT2D eigenvalue weighted by Gasteiger charge is 2.06. The van der Waals surface area contributed by atoms with Gasteiger partial charge in [-0.3, -0.25) is 4.99 Å². The smallest absolute Gasteiger partial charge is 0.148 e. The third kappa shape index (κ3) is 3.14. The normalized spacial score (nSPS) is 11.5. The summed E-state index contributed by atoms with van der Waals surface area (Å²) in [5, 5.41) is 8.55. The molecule has 5 heteroatoms. The van der Waals surface area contributed by atoms with Gasteiger partial charge in [0.25, 0.3) is 0 Å². The lowest BCUT2D eigenvalue weighted by molar-refractivity contribution is 0.750. The molecule has 0 bridgehead atoms. The van der Waals surface area contributed by atoms with Crippen molar-refractivity contribution in [1.29, 1.82) is 0 Å². The van der Waals surface area contributed by atoms with E-state index in [1.807, 2.05) is 60.7 Å². The van der Waals surface area contributed by atoms with Crippen LogP contribution in [0.4, 0.5) is 0 Å². The first-order valence-electron chi connectivity index (χ1n) is 6.65. The summed E-state index contributed by atoms with van der Waals surface area (Å²) in [7, 11) is 0. The molecule has 0 aliphatic heterocycles. The van der Waals surface area contributed by atoms with Gasteiger partial charge in [-0.05, 0) is 17.7 Å². The summed E-state index contributed by atoms with van der Waals surface area (Å²) in [5.74, 6) is 0.390. The molecule has 0 fully saturated rings. The fourth-order valence-electron chi connectivity index (χ4n) is 1.91. The predicted octanol–water partition coefficient (Wildman–Crippen LogP) is 2.17. The molecule has 0 aliphatic rings. The van der Waals surface area contributed by atoms with E-state index in [-0.39, 0.29) is 0 Å². The molecule has 21 heavy (non-hydrogen) atoms. The molecule has 0 saturated heterocycles. The van der Waals surface area contributed by atoms with Crippen molar-refractivity contribution in [1.82, 2.24) is 15.0 Å². The summed E-state index contributed by atoms with van der Waals surface area (Å²) >= 11 is 0. The SMILES string of the molecule is NC(=NCc1ccccc1)c1cnn(-c2ccccc2)n1. The second-order valence-electron chi connectivity index (χ2n) is 4.54. The van der Waals surface area contributed by atoms with Crippen molar-refractivity contribution < 1.29 is 0 Å². The van der Waals surface area contributed by atoms with Gasteiger partial charge in [0.2, 0.25) is 0 Å². The topological polar surface area (TPSA) is 69.1 Å². The van der Waals surface area contributed by atoms with Crippen LogP contribution in [0.2, 0.25) is 0 Å². The number of aliphatic imine (C=N–C) groups is 1. The number of benzene rings is 2. The van der Waals surface area contributed by atoms with Crippen molar-refractivity contribution in [2.75, 3.05) is 0 Å². The first-order valence-corrected chi connectivity index (χ1v) is 6.65. The number of hydrogen-bond acceptors (Lipinski definition) is 3. The van der Waals surface area contributed by atoms with E-state index in [9.17, 15) is 0 Å². The molecule has 0 spiro atoms. The summed E-state index contributed by atoms with van der Waals surface area (Å²) in [6, 6.07) is 19.6. The largest absolute Gasteiger partial charge is 0.382 e. The fourth-order valence-corrected chi connectivity index (χ4v) is 1.91. The van der Waals surface area contributed by atoms with Gasteiger partial charge in [-0.1, -0.05) is 48.5 Å². The van der Waals surface area contributed by atoms with Crippen molar-refractivity contribution in [2.45, 2.75) is 6.54 Å². The van der Waals surface area contributed by atoms with Crippen molar-refractivity contribution >= 4 is 5.84 Å². The van der Waals surface area contributed by atoms with Gasteiger partial charge in [0.1, 0.15) is 11.5 Å². The minimum atomic E-state index is 0.390. The lowest BCUT2D eigenvalue weighted by atomic mass is 10.2. The van der Waals surface area contributed by atoms with Crippen LogP contribution in [0.25, 0.3) is 5.69 Å². The first-order chi connectivity index (χ1) is 10.3. The third-order valence-electron chi connectivity index (χ3n) is 3.02. The molecule has 0 radical (unpaired) electrons. The van der Waals surface area contributed by atoms with Crippen LogP contribution in [0.5, 0.6) is 0 Å². The molecule has 0 saturated carbocycles. The summed E-state index contributed by atoms with van der Waals surface area (Å²) in [5.41, 5.74) is 8.54. The molecule has 0 unspecified atom stereocenters. The van der Waals surface area contributed by atoms with Gasteiger partial charge in [0.15, 0.2) is 0 Å². The monoisotopic (exact) mass is 277 g/mol. The van der Waals surface area contributed by atoms with Crippen LogP contribution in [-0.4, -0.2) is 20.8 Å². The number of rotatable bonds is 4. The average Bonchev–Trinajstić information content (AvgIpc) is 3.04. The van der Waals surface area contributed by atoms with Crippen LogP contribution in [-0.2, 0) is 6.54 Å². The maximum absolute atomic E-state index is 5.97. The third-order valence-corrected chi connectivity index (χ3v) is 3.02. The van der Waals surface area contributed by atoms with Gasteiger partial charge < -0.3 is 5.73 Å². The molecular weight excluding hydrogens is 262 g/mol. The minimum absolute atomic E-state index is 0.390. The molecule has 2 aromatic carbocycles. The maximum atomic E-state index is 5.97. The van der Waals surface area contributed by atoms with E-state index in [1.54, 1.807) is 11.0 Å². The van der Waals surface area contributed by atoms with Gasteiger partial charge >= 0.3 is 0 Å². The highest BCUT2D eigenvalue weighted by atomic mass is 15.5. The number of aromatic nitrogens is 3. The second kappa shape index (κ2) is 6.00. The van der Waals surface area contributed by atoms with Crippen molar-refractivity contribution in [3.05, 3.63) is 78.1 Å². The van der Waals surface area contributed by atoms with Crippen molar-refractivity contribution in [3.8, 4) is 5.69 Å². The van der Waals surface area contributed by atoms with Crippen LogP contribution < -0.4 is 5.73 Å². The summed E-state index contributed by atoms with van der Waals surface area (Å²) in [4.78, 5) is 5.89. The standard InChI is InChI=1S/C16H15N5/c17-16(18-11-13-7-3-1-4-8-13)15-12-19-21(20-15)14-9-5-2-6-10-14/h1-10,12H,11H2,(H2,17,18). The Kier molecular flexibility index (Phi) is 3.73. The molecule has 104 valence electrons. The quantitative estimate of drug-likeness (QED) is 0.587. The molecule has 3 aromatic rings. The zero-order valence-electron chi connectivity index (χ0n) is 11.4. The molecule has 5 nitrogen and oxygen atoms in total. The fraction of sp³-hybridized carbons (Fsp3) is 0.0625. The Balaban J connectivity index is 1.77. The van der Waals surface area contributed by atoms with Gasteiger partial charge in [-0.15, -0.1) is 5.10 Å². The molecule has 2 N–H and O–H groups in total. The van der Waals surface area contributed by atoms with Gasteiger partial charge in [0, 0.05) is 0 Å². The Morgan fingerprint density at radius 3 is 2.38 bits per heavy atom.